The van der Waals surface area contributed by atoms with Crippen molar-refractivity contribution in [2.75, 3.05) is 25.4 Å². The second kappa shape index (κ2) is 8.06. The van der Waals surface area contributed by atoms with Crippen LogP contribution in [0.15, 0.2) is 0 Å². The number of rotatable bonds is 8. The SMILES string of the molecule is O=S(=O)(O)CCCNC1CCC(NCCO)CC1. The molecule has 1 saturated carbocycles. The van der Waals surface area contributed by atoms with Crippen LogP contribution in [0.3, 0.4) is 0 Å². The Labute approximate surface area is 109 Å². The van der Waals surface area contributed by atoms with Crippen LogP contribution in [0.1, 0.15) is 32.1 Å². The van der Waals surface area contributed by atoms with Crippen LogP contribution < -0.4 is 10.6 Å². The average Bonchev–Trinajstić information content (AvgIpc) is 2.32. The molecule has 0 aromatic rings. The maximum absolute atomic E-state index is 10.5. The molecule has 0 atom stereocenters. The van der Waals surface area contributed by atoms with E-state index >= 15 is 0 Å². The molecule has 6 nitrogen and oxygen atoms in total. The summed E-state index contributed by atoms with van der Waals surface area (Å²) in [6, 6.07) is 0.937. The maximum atomic E-state index is 10.5. The van der Waals surface area contributed by atoms with E-state index in [4.69, 9.17) is 9.66 Å². The van der Waals surface area contributed by atoms with Gasteiger partial charge in [-0.1, -0.05) is 0 Å². The molecule has 0 amide bonds. The lowest BCUT2D eigenvalue weighted by Gasteiger charge is -2.29. The highest BCUT2D eigenvalue weighted by atomic mass is 32.2. The molecule has 0 spiro atoms. The lowest BCUT2D eigenvalue weighted by atomic mass is 9.91. The summed E-state index contributed by atoms with van der Waals surface area (Å²) in [5, 5.41) is 15.3. The van der Waals surface area contributed by atoms with Crippen LogP contribution in [0.25, 0.3) is 0 Å². The van der Waals surface area contributed by atoms with Crippen molar-refractivity contribution in [2.24, 2.45) is 0 Å². The lowest BCUT2D eigenvalue weighted by molar-refractivity contribution is 0.259. The molecule has 1 aliphatic carbocycles. The van der Waals surface area contributed by atoms with E-state index in [2.05, 4.69) is 10.6 Å². The molecule has 1 rings (SSSR count). The molecule has 108 valence electrons. The Balaban J connectivity index is 2.05. The van der Waals surface area contributed by atoms with E-state index in [0.29, 0.717) is 31.6 Å². The Morgan fingerprint density at radius 2 is 1.50 bits per heavy atom. The summed E-state index contributed by atoms with van der Waals surface area (Å²) in [5.74, 6) is -0.173. The van der Waals surface area contributed by atoms with Gasteiger partial charge in [0, 0.05) is 18.6 Å². The first-order valence-electron chi connectivity index (χ1n) is 6.54. The van der Waals surface area contributed by atoms with E-state index in [1.807, 2.05) is 0 Å². The Morgan fingerprint density at radius 1 is 1.00 bits per heavy atom. The van der Waals surface area contributed by atoms with E-state index < -0.39 is 10.1 Å². The summed E-state index contributed by atoms with van der Waals surface area (Å²) in [6.07, 6.45) is 4.73. The standard InChI is InChI=1S/C11H24N2O4S/c14-8-7-13-11-4-2-10(3-5-11)12-6-1-9-18(15,16)17/h10-14H,1-9H2,(H,15,16,17). The summed E-state index contributed by atoms with van der Waals surface area (Å²) in [6.45, 7) is 1.45. The third-order valence-corrected chi connectivity index (χ3v) is 4.09. The number of hydrogen-bond acceptors (Lipinski definition) is 5. The van der Waals surface area contributed by atoms with E-state index in [9.17, 15) is 8.42 Å². The number of hydrogen-bond donors (Lipinski definition) is 4. The van der Waals surface area contributed by atoms with Crippen molar-refractivity contribution in [3.63, 3.8) is 0 Å². The fourth-order valence-electron chi connectivity index (χ4n) is 2.33. The second-order valence-corrected chi connectivity index (χ2v) is 6.39. The molecule has 18 heavy (non-hydrogen) atoms. The van der Waals surface area contributed by atoms with Crippen molar-refractivity contribution in [3.05, 3.63) is 0 Å². The third-order valence-electron chi connectivity index (χ3n) is 3.28. The van der Waals surface area contributed by atoms with Crippen molar-refractivity contribution in [2.45, 2.75) is 44.2 Å². The largest absolute Gasteiger partial charge is 0.395 e. The van der Waals surface area contributed by atoms with Crippen molar-refractivity contribution in [3.8, 4) is 0 Å². The van der Waals surface area contributed by atoms with Gasteiger partial charge in [-0.15, -0.1) is 0 Å². The van der Waals surface area contributed by atoms with Gasteiger partial charge in [0.1, 0.15) is 0 Å². The van der Waals surface area contributed by atoms with Gasteiger partial charge in [0.15, 0.2) is 0 Å². The predicted octanol–water partition coefficient (Wildman–Crippen LogP) is -0.253. The smallest absolute Gasteiger partial charge is 0.264 e. The van der Waals surface area contributed by atoms with Gasteiger partial charge in [0.2, 0.25) is 0 Å². The molecular formula is C11H24N2O4S. The monoisotopic (exact) mass is 280 g/mol. The normalized spacial score (nSPS) is 25.2. The van der Waals surface area contributed by atoms with Gasteiger partial charge in [-0.25, -0.2) is 0 Å². The molecule has 0 saturated heterocycles. The van der Waals surface area contributed by atoms with Crippen LogP contribution in [0.4, 0.5) is 0 Å². The predicted molar refractivity (Wildman–Crippen MR) is 70.2 cm³/mol. The molecule has 0 radical (unpaired) electrons. The van der Waals surface area contributed by atoms with Crippen LogP contribution >= 0.6 is 0 Å². The van der Waals surface area contributed by atoms with E-state index in [1.165, 1.54) is 0 Å². The van der Waals surface area contributed by atoms with Crippen molar-refractivity contribution >= 4 is 10.1 Å². The Morgan fingerprint density at radius 3 is 1.94 bits per heavy atom. The first-order valence-corrected chi connectivity index (χ1v) is 8.15. The van der Waals surface area contributed by atoms with E-state index in [1.54, 1.807) is 0 Å². The summed E-state index contributed by atoms with van der Waals surface area (Å²) < 4.78 is 29.6. The van der Waals surface area contributed by atoms with Gasteiger partial charge < -0.3 is 15.7 Å². The number of aliphatic hydroxyl groups is 1. The van der Waals surface area contributed by atoms with Crippen LogP contribution in [0, 0.1) is 0 Å². The Hall–Kier alpha value is -0.210. The van der Waals surface area contributed by atoms with Crippen LogP contribution in [0.5, 0.6) is 0 Å². The zero-order valence-electron chi connectivity index (χ0n) is 10.6. The van der Waals surface area contributed by atoms with Crippen LogP contribution in [-0.2, 0) is 10.1 Å². The second-order valence-electron chi connectivity index (χ2n) is 4.82. The highest BCUT2D eigenvalue weighted by Crippen LogP contribution is 2.18. The minimum Gasteiger partial charge on any atom is -0.395 e. The molecule has 0 aliphatic heterocycles. The molecule has 0 heterocycles. The molecule has 0 unspecified atom stereocenters. The zero-order valence-corrected chi connectivity index (χ0v) is 11.5. The minimum absolute atomic E-state index is 0.173. The highest BCUT2D eigenvalue weighted by molar-refractivity contribution is 7.85. The summed E-state index contributed by atoms with van der Waals surface area (Å²) in [5.41, 5.74) is 0. The molecule has 1 aliphatic rings. The summed E-state index contributed by atoms with van der Waals surface area (Å²) in [4.78, 5) is 0. The molecule has 0 bridgehead atoms. The van der Waals surface area contributed by atoms with E-state index in [0.717, 1.165) is 25.7 Å². The molecule has 7 heteroatoms. The first kappa shape index (κ1) is 15.8. The minimum atomic E-state index is -3.82. The van der Waals surface area contributed by atoms with Crippen LogP contribution in [-0.4, -0.2) is 55.6 Å². The molecule has 1 fully saturated rings. The zero-order chi connectivity index (χ0) is 13.4. The molecule has 0 aromatic heterocycles. The number of aliphatic hydroxyl groups excluding tert-OH is 1. The maximum Gasteiger partial charge on any atom is 0.264 e. The fourth-order valence-corrected chi connectivity index (χ4v) is 2.84. The summed E-state index contributed by atoms with van der Waals surface area (Å²) in [7, 11) is -3.82. The average molecular weight is 280 g/mol. The topological polar surface area (TPSA) is 98.7 Å². The van der Waals surface area contributed by atoms with Crippen LogP contribution in [0.2, 0.25) is 0 Å². The first-order chi connectivity index (χ1) is 8.51. The molecule has 0 aromatic carbocycles. The molecule has 4 N–H and O–H groups in total. The Kier molecular flexibility index (Phi) is 7.10. The fraction of sp³-hybridized carbons (Fsp3) is 1.00. The van der Waals surface area contributed by atoms with Gasteiger partial charge in [-0.05, 0) is 38.6 Å². The van der Waals surface area contributed by atoms with E-state index in [-0.39, 0.29) is 12.4 Å². The lowest BCUT2D eigenvalue weighted by Crippen LogP contribution is -2.41. The Bertz CT molecular complexity index is 313. The highest BCUT2D eigenvalue weighted by Gasteiger charge is 2.19. The number of nitrogens with one attached hydrogen (secondary N) is 2. The van der Waals surface area contributed by atoms with Crippen molar-refractivity contribution < 1.29 is 18.1 Å². The summed E-state index contributed by atoms with van der Waals surface area (Å²) >= 11 is 0. The van der Waals surface area contributed by atoms with Gasteiger partial charge >= 0.3 is 0 Å². The third kappa shape index (κ3) is 7.27. The van der Waals surface area contributed by atoms with Gasteiger partial charge in [-0.3, -0.25) is 4.55 Å². The van der Waals surface area contributed by atoms with Gasteiger partial charge in [0.05, 0.1) is 12.4 Å². The quantitative estimate of drug-likeness (QED) is 0.361. The van der Waals surface area contributed by atoms with Crippen molar-refractivity contribution in [1.29, 1.82) is 0 Å². The molecular weight excluding hydrogens is 256 g/mol. The van der Waals surface area contributed by atoms with Gasteiger partial charge in [0.25, 0.3) is 10.1 Å². The van der Waals surface area contributed by atoms with Crippen molar-refractivity contribution in [1.82, 2.24) is 10.6 Å². The van der Waals surface area contributed by atoms with Gasteiger partial charge in [-0.2, -0.15) is 8.42 Å².